The number of nitrogens with one attached hydrogen (secondary N) is 2. The molecule has 0 atom stereocenters. The molecular weight excluding hydrogens is 578 g/mol. The maximum absolute atomic E-state index is 15.2. The van der Waals surface area contributed by atoms with Gasteiger partial charge in [0.05, 0.1) is 24.3 Å². The molecule has 3 aromatic carbocycles. The Hall–Kier alpha value is -5.29. The molecule has 3 heterocycles. The predicted molar refractivity (Wildman–Crippen MR) is 161 cm³/mol. The maximum Gasteiger partial charge on any atom is 0.259 e. The number of aryl methyl sites for hydroxylation is 2. The van der Waals surface area contributed by atoms with Gasteiger partial charge in [0.2, 0.25) is 5.91 Å². The van der Waals surface area contributed by atoms with Crippen molar-refractivity contribution in [1.82, 2.24) is 24.5 Å². The molecule has 1 amide bonds. The second-order valence-corrected chi connectivity index (χ2v) is 9.75. The van der Waals surface area contributed by atoms with Crippen LogP contribution in [0.4, 0.5) is 14.5 Å². The number of fused-ring (bicyclic) bond motifs is 1. The van der Waals surface area contributed by atoms with E-state index < -0.39 is 23.1 Å². The van der Waals surface area contributed by atoms with Gasteiger partial charge in [-0.25, -0.2) is 8.78 Å². The normalized spacial score (nSPS) is 10.9. The summed E-state index contributed by atoms with van der Waals surface area (Å²) in [5.74, 6) is -1.24. The third kappa shape index (κ3) is 5.88. The largest absolute Gasteiger partial charge is 0.454 e. The van der Waals surface area contributed by atoms with E-state index in [9.17, 15) is 14.0 Å². The van der Waals surface area contributed by atoms with E-state index in [1.54, 1.807) is 48.4 Å². The molecule has 0 aliphatic carbocycles. The fourth-order valence-electron chi connectivity index (χ4n) is 4.76. The zero-order chi connectivity index (χ0) is 29.4. The van der Waals surface area contributed by atoms with Crippen molar-refractivity contribution in [2.24, 2.45) is 7.05 Å². The van der Waals surface area contributed by atoms with E-state index in [0.29, 0.717) is 22.7 Å². The lowest BCUT2D eigenvalue weighted by Crippen LogP contribution is -2.27. The minimum atomic E-state index is -0.689. The van der Waals surface area contributed by atoms with Gasteiger partial charge in [-0.1, -0.05) is 6.07 Å². The zero-order valence-corrected chi connectivity index (χ0v) is 23.8. The molecular formula is C31H25ClF2N6O3. The molecule has 3 aromatic heterocycles. The average Bonchev–Trinajstić information content (AvgIpc) is 3.63. The third-order valence-electron chi connectivity index (χ3n) is 6.88. The lowest BCUT2D eigenvalue weighted by molar-refractivity contribution is -0.115. The smallest absolute Gasteiger partial charge is 0.259 e. The van der Waals surface area contributed by atoms with Crippen LogP contribution in [-0.2, 0) is 18.3 Å². The molecule has 0 spiro atoms. The van der Waals surface area contributed by atoms with Crippen LogP contribution in [-0.4, -0.2) is 30.5 Å². The van der Waals surface area contributed by atoms with Crippen molar-refractivity contribution < 1.29 is 18.3 Å². The standard InChI is InChI=1S/C31H24F2N6O3.ClH/c1-18-3-4-19(31(41)39(18)24-8-5-22(32)6-9-24)12-30(40)37-23-7-10-28(26(33)13-23)42-29-11-20-17-36-38(2)27(20)14-25(29)21-15-34-35-16-21;/h3-11,13-17H,12H2,1-2H3,(H,34,35)(H,37,40);1H. The van der Waals surface area contributed by atoms with E-state index in [1.165, 1.54) is 41.0 Å². The van der Waals surface area contributed by atoms with Crippen LogP contribution in [0.3, 0.4) is 0 Å². The van der Waals surface area contributed by atoms with E-state index in [1.807, 2.05) is 13.1 Å². The Morgan fingerprint density at radius 3 is 2.51 bits per heavy atom. The number of amides is 1. The Morgan fingerprint density at radius 1 is 1.00 bits per heavy atom. The Bertz CT molecular complexity index is 2000. The number of ether oxygens (including phenoxy) is 1. The van der Waals surface area contributed by atoms with Gasteiger partial charge in [-0.3, -0.25) is 23.9 Å². The van der Waals surface area contributed by atoms with Crippen molar-refractivity contribution >= 4 is 34.9 Å². The molecule has 6 rings (SSSR count). The first-order valence-electron chi connectivity index (χ1n) is 13.0. The number of H-pyrrole nitrogens is 1. The van der Waals surface area contributed by atoms with Gasteiger partial charge in [0.15, 0.2) is 11.6 Å². The van der Waals surface area contributed by atoms with Crippen molar-refractivity contribution in [1.29, 1.82) is 0 Å². The van der Waals surface area contributed by atoms with Crippen LogP contribution in [0.2, 0.25) is 0 Å². The van der Waals surface area contributed by atoms with Crippen LogP contribution in [0.5, 0.6) is 11.5 Å². The number of halogens is 3. The summed E-state index contributed by atoms with van der Waals surface area (Å²) in [6.45, 7) is 1.74. The SMILES string of the molecule is Cc1ccc(CC(=O)Nc2ccc(Oc3cc4cnn(C)c4cc3-c3cn[nH]c3)c(F)c2)c(=O)n1-c1ccc(F)cc1.Cl. The highest BCUT2D eigenvalue weighted by atomic mass is 35.5. The molecule has 6 aromatic rings. The van der Waals surface area contributed by atoms with Gasteiger partial charge < -0.3 is 10.1 Å². The lowest BCUT2D eigenvalue weighted by Gasteiger charge is -2.14. The highest BCUT2D eigenvalue weighted by molar-refractivity contribution is 5.92. The molecule has 43 heavy (non-hydrogen) atoms. The molecule has 9 nitrogen and oxygen atoms in total. The fraction of sp³-hybridized carbons (Fsp3) is 0.0968. The third-order valence-corrected chi connectivity index (χ3v) is 6.88. The van der Waals surface area contributed by atoms with Crippen LogP contribution in [0, 0.1) is 18.6 Å². The summed E-state index contributed by atoms with van der Waals surface area (Å²) in [6.07, 6.45) is 4.81. The summed E-state index contributed by atoms with van der Waals surface area (Å²) in [4.78, 5) is 26.0. The molecule has 0 saturated heterocycles. The van der Waals surface area contributed by atoms with E-state index >= 15 is 4.39 Å². The molecule has 0 saturated carbocycles. The summed E-state index contributed by atoms with van der Waals surface area (Å²) in [5, 5.41) is 14.5. The molecule has 0 aliphatic heterocycles. The Labute approximate surface area is 250 Å². The highest BCUT2D eigenvalue weighted by Gasteiger charge is 2.17. The second kappa shape index (κ2) is 11.9. The molecule has 12 heteroatoms. The van der Waals surface area contributed by atoms with Gasteiger partial charge in [-0.15, -0.1) is 12.4 Å². The minimum absolute atomic E-state index is 0. The summed E-state index contributed by atoms with van der Waals surface area (Å²) < 4.78 is 37.7. The number of aromatic nitrogens is 5. The van der Waals surface area contributed by atoms with E-state index in [-0.39, 0.29) is 35.8 Å². The summed E-state index contributed by atoms with van der Waals surface area (Å²) >= 11 is 0. The number of nitrogens with zero attached hydrogens (tertiary/aromatic N) is 4. The fourth-order valence-corrected chi connectivity index (χ4v) is 4.76. The molecule has 218 valence electrons. The first-order valence-corrected chi connectivity index (χ1v) is 13.0. The van der Waals surface area contributed by atoms with Crippen LogP contribution >= 0.6 is 12.4 Å². The number of carbonyl (C=O) groups is 1. The average molecular weight is 603 g/mol. The van der Waals surface area contributed by atoms with E-state index in [4.69, 9.17) is 4.74 Å². The van der Waals surface area contributed by atoms with Crippen LogP contribution in [0.15, 0.2) is 90.1 Å². The van der Waals surface area contributed by atoms with Gasteiger partial charge in [0.1, 0.15) is 11.6 Å². The number of anilines is 1. The van der Waals surface area contributed by atoms with Crippen molar-refractivity contribution in [2.75, 3.05) is 5.32 Å². The summed E-state index contributed by atoms with van der Waals surface area (Å²) in [5.41, 5.74) is 3.48. The maximum atomic E-state index is 15.2. The quantitative estimate of drug-likeness (QED) is 0.230. The molecule has 2 N–H and O–H groups in total. The van der Waals surface area contributed by atoms with Crippen molar-refractivity contribution in [3.8, 4) is 28.3 Å². The first kappa shape index (κ1) is 29.2. The van der Waals surface area contributed by atoms with Gasteiger partial charge in [-0.05, 0) is 61.5 Å². The summed E-state index contributed by atoms with van der Waals surface area (Å²) in [7, 11) is 1.83. The molecule has 0 fully saturated rings. The first-order chi connectivity index (χ1) is 20.3. The Balaban J connectivity index is 0.00000368. The zero-order valence-electron chi connectivity index (χ0n) is 23.0. The van der Waals surface area contributed by atoms with Crippen molar-refractivity contribution in [2.45, 2.75) is 13.3 Å². The van der Waals surface area contributed by atoms with Crippen LogP contribution in [0.25, 0.3) is 27.7 Å². The highest BCUT2D eigenvalue weighted by Crippen LogP contribution is 2.37. The van der Waals surface area contributed by atoms with Gasteiger partial charge in [-0.2, -0.15) is 10.2 Å². The summed E-state index contributed by atoms with van der Waals surface area (Å²) in [6, 6.07) is 16.6. The second-order valence-electron chi connectivity index (χ2n) is 9.75. The molecule has 0 unspecified atom stereocenters. The molecule has 0 aliphatic rings. The number of hydrogen-bond donors (Lipinski definition) is 2. The Morgan fingerprint density at radius 2 is 1.79 bits per heavy atom. The number of pyridine rings is 1. The Kier molecular flexibility index (Phi) is 8.09. The lowest BCUT2D eigenvalue weighted by atomic mass is 10.1. The van der Waals surface area contributed by atoms with Gasteiger partial charge in [0.25, 0.3) is 5.56 Å². The molecule has 0 radical (unpaired) electrons. The van der Waals surface area contributed by atoms with Gasteiger partial charge in [0, 0.05) is 58.5 Å². The van der Waals surface area contributed by atoms with E-state index in [0.717, 1.165) is 22.5 Å². The van der Waals surface area contributed by atoms with Gasteiger partial charge >= 0.3 is 0 Å². The number of hydrogen-bond acceptors (Lipinski definition) is 5. The molecule has 0 bridgehead atoms. The topological polar surface area (TPSA) is 107 Å². The number of carbonyl (C=O) groups excluding carboxylic acids is 1. The monoisotopic (exact) mass is 602 g/mol. The van der Waals surface area contributed by atoms with Crippen molar-refractivity contribution in [3.05, 3.63) is 119 Å². The van der Waals surface area contributed by atoms with Crippen LogP contribution < -0.4 is 15.6 Å². The number of aromatic amines is 1. The minimum Gasteiger partial charge on any atom is -0.454 e. The number of benzene rings is 3. The van der Waals surface area contributed by atoms with Crippen LogP contribution in [0.1, 0.15) is 11.3 Å². The number of rotatable bonds is 7. The van der Waals surface area contributed by atoms with Crippen molar-refractivity contribution in [3.63, 3.8) is 0 Å². The predicted octanol–water partition coefficient (Wildman–Crippen LogP) is 6.10. The van der Waals surface area contributed by atoms with E-state index in [2.05, 4.69) is 20.6 Å².